The third kappa shape index (κ3) is 8.16. The van der Waals surface area contributed by atoms with Gasteiger partial charge in [-0.2, -0.15) is 0 Å². The number of aromatic nitrogens is 2. The molecule has 3 rings (SSSR count). The third-order valence-corrected chi connectivity index (χ3v) is 6.78. The zero-order valence-corrected chi connectivity index (χ0v) is 21.5. The van der Waals surface area contributed by atoms with Gasteiger partial charge in [0.1, 0.15) is 5.82 Å². The summed E-state index contributed by atoms with van der Waals surface area (Å²) in [5, 5.41) is 3.48. The van der Waals surface area contributed by atoms with Crippen LogP contribution in [0.4, 0.5) is 0 Å². The van der Waals surface area contributed by atoms with Crippen molar-refractivity contribution in [2.45, 2.75) is 90.5 Å². The molecule has 0 radical (unpaired) electrons. The van der Waals surface area contributed by atoms with E-state index in [-0.39, 0.29) is 5.91 Å². The van der Waals surface area contributed by atoms with E-state index in [1.165, 1.54) is 62.7 Å². The highest BCUT2D eigenvalue weighted by Gasteiger charge is 2.11. The van der Waals surface area contributed by atoms with Crippen molar-refractivity contribution in [3.8, 4) is 0 Å². The largest absolute Gasteiger partial charge is 0.352 e. The van der Waals surface area contributed by atoms with Crippen LogP contribution in [0, 0.1) is 0 Å². The Bertz CT molecular complexity index is 1010. The number of nitrogens with zero attached hydrogens (tertiary/aromatic N) is 2. The van der Waals surface area contributed by atoms with E-state index in [1.807, 2.05) is 12.1 Å². The summed E-state index contributed by atoms with van der Waals surface area (Å²) in [4.78, 5) is 17.2. The minimum atomic E-state index is -0.0993. The molecule has 0 saturated carbocycles. The number of hydrogen-bond acceptors (Lipinski definition) is 2. The summed E-state index contributed by atoms with van der Waals surface area (Å²) in [6, 6.07) is 15.7. The molecule has 1 heterocycles. The predicted molar refractivity (Wildman–Crippen MR) is 144 cm³/mol. The van der Waals surface area contributed by atoms with Crippen LogP contribution in [-0.2, 0) is 13.0 Å². The molecule has 0 spiro atoms. The van der Waals surface area contributed by atoms with Gasteiger partial charge >= 0.3 is 0 Å². The Balaban J connectivity index is 1.40. The van der Waals surface area contributed by atoms with E-state index in [9.17, 15) is 4.79 Å². The van der Waals surface area contributed by atoms with E-state index < -0.39 is 0 Å². The molecule has 1 amide bonds. The number of unbranched alkanes of at least 4 members (excludes halogenated alkanes) is 9. The minimum absolute atomic E-state index is 0.0993. The Kier molecular flexibility index (Phi) is 11.5. The van der Waals surface area contributed by atoms with Crippen LogP contribution >= 0.6 is 11.6 Å². The number of carbonyl (C=O) groups excluding carboxylic acids is 1. The van der Waals surface area contributed by atoms with Crippen LogP contribution in [0.1, 0.15) is 93.7 Å². The first-order valence-corrected chi connectivity index (χ1v) is 13.6. The number of aryl methyl sites for hydroxylation is 2. The maximum atomic E-state index is 12.3. The van der Waals surface area contributed by atoms with Crippen molar-refractivity contribution < 1.29 is 4.79 Å². The molecule has 0 bridgehead atoms. The number of fused-ring (bicyclic) bond motifs is 1. The Hall–Kier alpha value is -2.33. The van der Waals surface area contributed by atoms with Crippen molar-refractivity contribution in [3.63, 3.8) is 0 Å². The average molecular weight is 482 g/mol. The lowest BCUT2D eigenvalue weighted by molar-refractivity contribution is 0.0953. The second-order valence-electron chi connectivity index (χ2n) is 9.19. The maximum absolute atomic E-state index is 12.3. The molecule has 34 heavy (non-hydrogen) atoms. The number of para-hydroxylation sites is 2. The Morgan fingerprint density at radius 1 is 0.853 bits per heavy atom. The van der Waals surface area contributed by atoms with Gasteiger partial charge in [-0.15, -0.1) is 0 Å². The van der Waals surface area contributed by atoms with Crippen LogP contribution in [0.25, 0.3) is 11.0 Å². The maximum Gasteiger partial charge on any atom is 0.252 e. The molecule has 184 valence electrons. The minimum Gasteiger partial charge on any atom is -0.352 e. The molecule has 0 aliphatic rings. The molecule has 0 fully saturated rings. The van der Waals surface area contributed by atoms with Gasteiger partial charge in [0.2, 0.25) is 0 Å². The summed E-state index contributed by atoms with van der Waals surface area (Å²) in [5.74, 6) is 1.10. The standard InChI is InChI=1S/C29H40ClN3O/c1-2-3-4-5-6-7-8-16-23-33-27-20-14-13-19-26(27)32-28(33)21-10-9-15-22-31-29(34)24-17-11-12-18-25(24)30/h11-14,17-20H,2-10,15-16,21-23H2,1H3,(H,31,34). The molecule has 1 N–H and O–H groups in total. The number of hydrogen-bond donors (Lipinski definition) is 1. The first-order chi connectivity index (χ1) is 16.7. The van der Waals surface area contributed by atoms with Crippen LogP contribution in [0.15, 0.2) is 48.5 Å². The topological polar surface area (TPSA) is 46.9 Å². The van der Waals surface area contributed by atoms with Crippen molar-refractivity contribution >= 4 is 28.5 Å². The smallest absolute Gasteiger partial charge is 0.252 e. The number of halogens is 1. The summed E-state index contributed by atoms with van der Waals surface area (Å²) < 4.78 is 2.44. The molecule has 0 aliphatic carbocycles. The van der Waals surface area contributed by atoms with Crippen molar-refractivity contribution in [2.75, 3.05) is 6.54 Å². The van der Waals surface area contributed by atoms with Gasteiger partial charge in [-0.3, -0.25) is 4.79 Å². The van der Waals surface area contributed by atoms with Gasteiger partial charge in [-0.25, -0.2) is 4.98 Å². The van der Waals surface area contributed by atoms with E-state index in [0.717, 1.165) is 37.7 Å². The second kappa shape index (κ2) is 14.8. The molecule has 2 aromatic carbocycles. The van der Waals surface area contributed by atoms with Gasteiger partial charge in [-0.1, -0.05) is 94.2 Å². The lowest BCUT2D eigenvalue weighted by Crippen LogP contribution is -2.24. The lowest BCUT2D eigenvalue weighted by Gasteiger charge is -2.10. The number of amides is 1. The van der Waals surface area contributed by atoms with Gasteiger partial charge in [-0.05, 0) is 43.5 Å². The fourth-order valence-corrected chi connectivity index (χ4v) is 4.72. The van der Waals surface area contributed by atoms with Crippen LogP contribution in [-0.4, -0.2) is 22.0 Å². The fourth-order valence-electron chi connectivity index (χ4n) is 4.50. The molecule has 1 aromatic heterocycles. The SMILES string of the molecule is CCCCCCCCCCn1c(CCCCCNC(=O)c2ccccc2Cl)nc2ccccc21. The number of imidazole rings is 1. The van der Waals surface area contributed by atoms with Crippen LogP contribution in [0.2, 0.25) is 5.02 Å². The zero-order chi connectivity index (χ0) is 24.0. The Morgan fingerprint density at radius 3 is 2.32 bits per heavy atom. The molecular formula is C29H40ClN3O. The molecule has 0 unspecified atom stereocenters. The predicted octanol–water partition coefficient (Wildman–Crippen LogP) is 7.97. The summed E-state index contributed by atoms with van der Waals surface area (Å²) >= 11 is 6.11. The summed E-state index contributed by atoms with van der Waals surface area (Å²) in [6.07, 6.45) is 14.7. The summed E-state index contributed by atoms with van der Waals surface area (Å²) in [5.41, 5.74) is 2.90. The first-order valence-electron chi connectivity index (χ1n) is 13.2. The molecule has 3 aromatic rings. The first kappa shape index (κ1) is 26.3. The normalized spacial score (nSPS) is 11.2. The lowest BCUT2D eigenvalue weighted by atomic mass is 10.1. The van der Waals surface area contributed by atoms with E-state index in [2.05, 4.69) is 41.1 Å². The highest BCUT2D eigenvalue weighted by molar-refractivity contribution is 6.33. The molecule has 0 atom stereocenters. The fraction of sp³-hybridized carbons (Fsp3) is 0.517. The Labute approximate surface area is 210 Å². The van der Waals surface area contributed by atoms with Crippen LogP contribution in [0.3, 0.4) is 0 Å². The number of carbonyl (C=O) groups is 1. The van der Waals surface area contributed by atoms with E-state index in [0.29, 0.717) is 17.1 Å². The molecule has 0 saturated heterocycles. The van der Waals surface area contributed by atoms with Crippen molar-refractivity contribution in [2.24, 2.45) is 0 Å². The highest BCUT2D eigenvalue weighted by Crippen LogP contribution is 2.20. The van der Waals surface area contributed by atoms with Gasteiger partial charge in [0.05, 0.1) is 21.6 Å². The second-order valence-corrected chi connectivity index (χ2v) is 9.60. The van der Waals surface area contributed by atoms with Crippen molar-refractivity contribution in [3.05, 3.63) is 64.9 Å². The van der Waals surface area contributed by atoms with Gasteiger partial charge in [0.15, 0.2) is 0 Å². The van der Waals surface area contributed by atoms with E-state index >= 15 is 0 Å². The van der Waals surface area contributed by atoms with Gasteiger partial charge in [0, 0.05) is 19.5 Å². The Morgan fingerprint density at radius 2 is 1.53 bits per heavy atom. The van der Waals surface area contributed by atoms with Crippen LogP contribution in [0.5, 0.6) is 0 Å². The van der Waals surface area contributed by atoms with Gasteiger partial charge in [0.25, 0.3) is 5.91 Å². The molecule has 4 nitrogen and oxygen atoms in total. The molecular weight excluding hydrogens is 442 g/mol. The number of rotatable bonds is 16. The summed E-state index contributed by atoms with van der Waals surface area (Å²) in [7, 11) is 0. The number of benzene rings is 2. The quantitative estimate of drug-likeness (QED) is 0.211. The van der Waals surface area contributed by atoms with E-state index in [1.54, 1.807) is 12.1 Å². The van der Waals surface area contributed by atoms with Crippen LogP contribution < -0.4 is 5.32 Å². The van der Waals surface area contributed by atoms with Crippen molar-refractivity contribution in [1.29, 1.82) is 0 Å². The monoisotopic (exact) mass is 481 g/mol. The molecule has 5 heteroatoms. The summed E-state index contributed by atoms with van der Waals surface area (Å²) in [6.45, 7) is 3.99. The number of nitrogens with one attached hydrogen (secondary N) is 1. The highest BCUT2D eigenvalue weighted by atomic mass is 35.5. The third-order valence-electron chi connectivity index (χ3n) is 6.45. The molecule has 0 aliphatic heterocycles. The van der Waals surface area contributed by atoms with E-state index in [4.69, 9.17) is 16.6 Å². The zero-order valence-electron chi connectivity index (χ0n) is 20.7. The average Bonchev–Trinajstić information content (AvgIpc) is 3.20. The van der Waals surface area contributed by atoms with Gasteiger partial charge < -0.3 is 9.88 Å². The van der Waals surface area contributed by atoms with Crippen molar-refractivity contribution in [1.82, 2.24) is 14.9 Å².